The molecule has 0 bridgehead atoms. The molecule has 35 heavy (non-hydrogen) atoms. The van der Waals surface area contributed by atoms with Crippen LogP contribution in [0.4, 0.5) is 0 Å². The predicted octanol–water partition coefficient (Wildman–Crippen LogP) is 5.23. The number of benzene rings is 3. The van der Waals surface area contributed by atoms with E-state index in [2.05, 4.69) is 0 Å². The molecule has 0 unspecified atom stereocenters. The van der Waals surface area contributed by atoms with Crippen molar-refractivity contribution in [2.24, 2.45) is 0 Å². The molecule has 0 aromatic heterocycles. The van der Waals surface area contributed by atoms with Gasteiger partial charge in [-0.15, -0.1) is 0 Å². The maximum absolute atomic E-state index is 12.0. The Kier molecular flexibility index (Phi) is 10.8. The van der Waals surface area contributed by atoms with Gasteiger partial charge in [0.1, 0.15) is 22.8 Å². The third kappa shape index (κ3) is 7.81. The summed E-state index contributed by atoms with van der Waals surface area (Å²) < 4.78 is 0. The summed E-state index contributed by atoms with van der Waals surface area (Å²) in [6, 6.07) is 17.4. The van der Waals surface area contributed by atoms with Crippen LogP contribution in [0.2, 0.25) is 0 Å². The fourth-order valence-electron chi connectivity index (χ4n) is 2.79. The molecule has 1 aliphatic carbocycles. The molecule has 3 aromatic carbocycles. The molecule has 0 heterocycles. The molecular formula is C23H16N6O6-2. The maximum Gasteiger partial charge on any atom is 0.233 e. The molecule has 0 fully saturated rings. The van der Waals surface area contributed by atoms with Gasteiger partial charge in [0, 0.05) is 23.3 Å². The molecule has 4 rings (SSSR count). The molecule has 1 aliphatic rings. The van der Waals surface area contributed by atoms with Crippen LogP contribution >= 0.6 is 0 Å². The van der Waals surface area contributed by atoms with Gasteiger partial charge in [0.2, 0.25) is 17.3 Å². The topological polar surface area (TPSA) is 229 Å². The number of hydrogen-bond acceptors (Lipinski definition) is 6. The van der Waals surface area contributed by atoms with Crippen molar-refractivity contribution in [2.75, 3.05) is 0 Å². The highest BCUT2D eigenvalue weighted by Gasteiger charge is 2.20. The van der Waals surface area contributed by atoms with E-state index in [9.17, 15) is 24.6 Å². The van der Waals surface area contributed by atoms with Gasteiger partial charge >= 0.3 is 0 Å². The molecule has 0 atom stereocenters. The average Bonchev–Trinajstić information content (AvgIpc) is 2.83. The van der Waals surface area contributed by atoms with Crippen molar-refractivity contribution >= 4 is 23.4 Å². The number of ketones is 3. The minimum absolute atomic E-state index is 0.214. The van der Waals surface area contributed by atoms with E-state index in [0.717, 1.165) is 17.7 Å². The fraction of sp³-hybridized carbons (Fsp3) is 0. The van der Waals surface area contributed by atoms with Crippen molar-refractivity contribution in [2.45, 2.75) is 0 Å². The van der Waals surface area contributed by atoms with Crippen molar-refractivity contribution in [1.29, 1.82) is 0 Å². The lowest BCUT2D eigenvalue weighted by Crippen LogP contribution is -2.15. The molecule has 0 aliphatic heterocycles. The number of Topliss-reactive ketones (excluding diaryl/α,β-unsaturated/α-hetero) is 1. The first-order valence-corrected chi connectivity index (χ1v) is 9.39. The molecule has 176 valence electrons. The van der Waals surface area contributed by atoms with Crippen molar-refractivity contribution in [3.63, 3.8) is 0 Å². The van der Waals surface area contributed by atoms with Gasteiger partial charge in [-0.3, -0.25) is 24.2 Å². The third-order valence-corrected chi connectivity index (χ3v) is 4.19. The zero-order chi connectivity index (χ0) is 26.4. The minimum atomic E-state index is -0.499. The van der Waals surface area contributed by atoms with Crippen LogP contribution < -0.4 is 0 Å². The monoisotopic (exact) mass is 472 g/mol. The van der Waals surface area contributed by atoms with Gasteiger partial charge in [-0.05, 0) is 11.6 Å². The van der Waals surface area contributed by atoms with Gasteiger partial charge in [-0.1, -0.05) is 60.7 Å². The van der Waals surface area contributed by atoms with Gasteiger partial charge in [-0.25, -0.2) is 0 Å². The van der Waals surface area contributed by atoms with Crippen molar-refractivity contribution < 1.29 is 29.7 Å². The maximum atomic E-state index is 12.0. The minimum Gasteiger partial charge on any atom is -0.508 e. The number of phenolic OH excluding ortho intramolecular Hbond substituents is 3. The summed E-state index contributed by atoms with van der Waals surface area (Å²) in [4.78, 5) is 37.1. The molecule has 0 radical (unpaired) electrons. The number of carbonyl (C=O) groups excluding carboxylic acids is 3. The lowest BCUT2D eigenvalue weighted by Gasteiger charge is -2.07. The van der Waals surface area contributed by atoms with E-state index in [1.54, 1.807) is 48.5 Å². The normalized spacial score (nSPS) is 10.4. The second-order valence-corrected chi connectivity index (χ2v) is 6.35. The van der Waals surface area contributed by atoms with Crippen molar-refractivity contribution in [3.8, 4) is 17.2 Å². The number of nitrogens with zero attached hydrogens (tertiary/aromatic N) is 6. The number of aromatic hydroxyl groups is 3. The Morgan fingerprint density at radius 1 is 0.714 bits per heavy atom. The second-order valence-electron chi connectivity index (χ2n) is 6.35. The first kappa shape index (κ1) is 27.5. The smallest absolute Gasteiger partial charge is 0.233 e. The van der Waals surface area contributed by atoms with Gasteiger partial charge in [0.25, 0.3) is 0 Å². The van der Waals surface area contributed by atoms with E-state index in [-0.39, 0.29) is 11.3 Å². The van der Waals surface area contributed by atoms with E-state index in [1.807, 2.05) is 12.1 Å². The summed E-state index contributed by atoms with van der Waals surface area (Å²) in [6.07, 6.45) is 2.98. The molecule has 0 saturated carbocycles. The summed E-state index contributed by atoms with van der Waals surface area (Å²) >= 11 is 0. The summed E-state index contributed by atoms with van der Waals surface area (Å²) in [7, 11) is 0. The van der Waals surface area contributed by atoms with E-state index < -0.39 is 28.8 Å². The summed E-state index contributed by atoms with van der Waals surface area (Å²) in [5.41, 5.74) is 28.5. The molecule has 0 saturated heterocycles. The highest BCUT2D eigenvalue weighted by Crippen LogP contribution is 2.33. The highest BCUT2D eigenvalue weighted by molar-refractivity contribution is 6.49. The summed E-state index contributed by atoms with van der Waals surface area (Å²) in [6.45, 7) is 0. The van der Waals surface area contributed by atoms with Crippen LogP contribution in [0.1, 0.15) is 31.8 Å². The summed E-state index contributed by atoms with van der Waals surface area (Å²) in [5, 5.41) is 28.3. The average molecular weight is 472 g/mol. The predicted molar refractivity (Wildman–Crippen MR) is 126 cm³/mol. The first-order chi connectivity index (χ1) is 16.7. The lowest BCUT2D eigenvalue weighted by atomic mass is 9.96. The van der Waals surface area contributed by atoms with Crippen molar-refractivity contribution in [3.05, 3.63) is 127 Å². The molecule has 12 heteroatoms. The van der Waals surface area contributed by atoms with E-state index in [1.165, 1.54) is 15.9 Å². The first-order valence-electron chi connectivity index (χ1n) is 9.39. The Morgan fingerprint density at radius 2 is 1.20 bits per heavy atom. The molecule has 3 N–H and O–H groups in total. The summed E-state index contributed by atoms with van der Waals surface area (Å²) in [5.74, 6) is -2.54. The number of phenols is 3. The quantitative estimate of drug-likeness (QED) is 0.148. The van der Waals surface area contributed by atoms with Gasteiger partial charge in [0.15, 0.2) is 0 Å². The van der Waals surface area contributed by atoms with Gasteiger partial charge < -0.3 is 37.4 Å². The van der Waals surface area contributed by atoms with Gasteiger partial charge in [0.05, 0.1) is 0 Å². The standard InChI is InChI=1S/C13H10O4.C10H6O2.2N3/c14-9-6-10(15)12(11(16)7-9)13(17)8-4-2-1-3-5-8;11-9-6-5-7-3-1-2-4-8(7)10(9)12;2*1-3-2/h1-7,14-16H;1-6H;;/q;;2*-1. The molecule has 12 nitrogen and oxygen atoms in total. The molecule has 0 amide bonds. The fourth-order valence-corrected chi connectivity index (χ4v) is 2.79. The van der Waals surface area contributed by atoms with Crippen molar-refractivity contribution in [1.82, 2.24) is 0 Å². The van der Waals surface area contributed by atoms with E-state index >= 15 is 0 Å². The van der Waals surface area contributed by atoms with Crippen LogP contribution in [-0.4, -0.2) is 32.7 Å². The number of carbonyl (C=O) groups is 3. The van der Waals surface area contributed by atoms with Crippen LogP contribution in [-0.2, 0) is 4.79 Å². The number of rotatable bonds is 2. The van der Waals surface area contributed by atoms with Crippen LogP contribution in [0, 0.1) is 0 Å². The largest absolute Gasteiger partial charge is 0.508 e. The van der Waals surface area contributed by atoms with Gasteiger partial charge in [-0.2, -0.15) is 0 Å². The Hall–Kier alpha value is -5.57. The zero-order valence-electron chi connectivity index (χ0n) is 17.8. The zero-order valence-corrected chi connectivity index (χ0v) is 17.8. The van der Waals surface area contributed by atoms with Crippen LogP contribution in [0.15, 0.2) is 72.8 Å². The molecule has 0 spiro atoms. The second kappa shape index (κ2) is 13.8. The van der Waals surface area contributed by atoms with Crippen LogP contribution in [0.5, 0.6) is 17.2 Å². The Balaban J connectivity index is 0.000000296. The molecular weight excluding hydrogens is 456 g/mol. The van der Waals surface area contributed by atoms with E-state index in [0.29, 0.717) is 11.1 Å². The van der Waals surface area contributed by atoms with E-state index in [4.69, 9.17) is 27.2 Å². The number of fused-ring (bicyclic) bond motifs is 1. The SMILES string of the molecule is O=C(c1ccccc1)c1c(O)cc(O)cc1O.O=C1C=Cc2ccccc2C1=O.[N-]=[N+]=[N-].[N-]=[N+]=[N-]. The van der Waals surface area contributed by atoms with Crippen LogP contribution in [0.3, 0.4) is 0 Å². The Labute approximate surface area is 197 Å². The number of allylic oxidation sites excluding steroid dienone is 1. The Morgan fingerprint density at radius 3 is 1.74 bits per heavy atom. The third-order valence-electron chi connectivity index (χ3n) is 4.19. The molecule has 3 aromatic rings. The van der Waals surface area contributed by atoms with Crippen LogP contribution in [0.25, 0.3) is 38.0 Å². The number of hydrogen-bond donors (Lipinski definition) is 3. The Bertz CT molecular complexity index is 1290. The lowest BCUT2D eigenvalue weighted by molar-refractivity contribution is -0.110. The highest BCUT2D eigenvalue weighted by atomic mass is 16.3.